The number of benzene rings is 1. The van der Waals surface area contributed by atoms with Crippen LogP contribution in [-0.2, 0) is 20.0 Å². The second-order valence-electron chi connectivity index (χ2n) is 6.46. The summed E-state index contributed by atoms with van der Waals surface area (Å²) in [6.07, 6.45) is 1.63. The van der Waals surface area contributed by atoms with Crippen LogP contribution in [-0.4, -0.2) is 40.8 Å². The fourth-order valence-corrected chi connectivity index (χ4v) is 4.94. The first-order valence-corrected chi connectivity index (χ1v) is 11.4. The van der Waals surface area contributed by atoms with Crippen LogP contribution in [0.3, 0.4) is 0 Å². The first-order valence-electron chi connectivity index (χ1n) is 8.41. The van der Waals surface area contributed by atoms with Crippen LogP contribution in [0.15, 0.2) is 41.1 Å². The quantitative estimate of drug-likeness (QED) is 0.743. The Bertz CT molecular complexity index is 802. The van der Waals surface area contributed by atoms with Gasteiger partial charge in [0.05, 0.1) is 4.90 Å². The fourth-order valence-electron chi connectivity index (χ4n) is 2.83. The van der Waals surface area contributed by atoms with Crippen molar-refractivity contribution in [1.82, 2.24) is 9.03 Å². The van der Waals surface area contributed by atoms with Crippen molar-refractivity contribution in [2.75, 3.05) is 19.6 Å². The molecule has 0 saturated carbocycles. The Hall–Kier alpha value is -1.22. The molecule has 1 saturated heterocycles. The van der Waals surface area contributed by atoms with E-state index in [2.05, 4.69) is 25.1 Å². The van der Waals surface area contributed by atoms with Crippen LogP contribution in [0.2, 0.25) is 0 Å². The zero-order valence-corrected chi connectivity index (χ0v) is 16.3. The maximum atomic E-state index is 12.8. The van der Waals surface area contributed by atoms with Crippen LogP contribution in [0.5, 0.6) is 0 Å². The summed E-state index contributed by atoms with van der Waals surface area (Å²) in [4.78, 5) is 0.284. The monoisotopic (exact) mass is 386 g/mol. The topological polar surface area (TPSA) is 83.6 Å². The van der Waals surface area contributed by atoms with Gasteiger partial charge >= 0.3 is 0 Å². The molecule has 0 bridgehead atoms. The van der Waals surface area contributed by atoms with E-state index in [0.717, 1.165) is 17.4 Å². The first kappa shape index (κ1) is 20.1. The van der Waals surface area contributed by atoms with Crippen molar-refractivity contribution < 1.29 is 16.8 Å². The van der Waals surface area contributed by atoms with Gasteiger partial charge in [0, 0.05) is 25.0 Å². The normalized spacial score (nSPS) is 20.5. The molecular weight excluding hydrogens is 360 g/mol. The van der Waals surface area contributed by atoms with Gasteiger partial charge in [-0.1, -0.05) is 32.6 Å². The lowest BCUT2D eigenvalue weighted by atomic mass is 9.99. The number of sulfonamides is 2. The summed E-state index contributed by atoms with van der Waals surface area (Å²) >= 11 is 0. The second-order valence-corrected chi connectivity index (χ2v) is 10.1. The molecule has 2 unspecified atom stereocenters. The molecule has 0 amide bonds. The molecule has 0 spiro atoms. The molecular formula is C17H26N2O4S2. The van der Waals surface area contributed by atoms with Gasteiger partial charge in [-0.15, -0.1) is 0 Å². The van der Waals surface area contributed by atoms with E-state index in [1.165, 1.54) is 4.31 Å². The van der Waals surface area contributed by atoms with E-state index >= 15 is 0 Å². The highest BCUT2D eigenvalue weighted by atomic mass is 32.2. The SMILES string of the molecule is C=CS(=O)(=O)NCC1CCN(S(=O)(=O)c2ccc(C(C)CC)cc2)C1. The van der Waals surface area contributed by atoms with E-state index in [1.807, 2.05) is 12.1 Å². The van der Waals surface area contributed by atoms with Crippen LogP contribution in [0.4, 0.5) is 0 Å². The average Bonchev–Trinajstić information content (AvgIpc) is 3.09. The van der Waals surface area contributed by atoms with Gasteiger partial charge in [0.15, 0.2) is 0 Å². The van der Waals surface area contributed by atoms with Gasteiger partial charge in [-0.2, -0.15) is 4.31 Å². The van der Waals surface area contributed by atoms with E-state index in [0.29, 0.717) is 25.4 Å². The third-order valence-corrected chi connectivity index (χ3v) is 7.63. The van der Waals surface area contributed by atoms with Crippen LogP contribution in [0.25, 0.3) is 0 Å². The molecule has 8 heteroatoms. The summed E-state index contributed by atoms with van der Waals surface area (Å²) in [5.74, 6) is 0.356. The number of hydrogen-bond acceptors (Lipinski definition) is 4. The van der Waals surface area contributed by atoms with Gasteiger partial charge < -0.3 is 0 Å². The zero-order valence-electron chi connectivity index (χ0n) is 14.7. The molecule has 1 aromatic carbocycles. The van der Waals surface area contributed by atoms with Crippen molar-refractivity contribution in [2.45, 2.75) is 37.5 Å². The number of rotatable bonds is 8. The Kier molecular flexibility index (Phi) is 6.42. The molecule has 0 aliphatic carbocycles. The standard InChI is InChI=1S/C17H26N2O4S2/c1-4-14(3)16-6-8-17(9-7-16)25(22,23)19-11-10-15(13-19)12-18-24(20,21)5-2/h5-9,14-15,18H,2,4,10-13H2,1,3H3. The Labute approximate surface area is 151 Å². The van der Waals surface area contributed by atoms with Crippen molar-refractivity contribution in [3.63, 3.8) is 0 Å². The maximum absolute atomic E-state index is 12.8. The largest absolute Gasteiger partial charge is 0.243 e. The van der Waals surface area contributed by atoms with E-state index < -0.39 is 20.0 Å². The van der Waals surface area contributed by atoms with E-state index in [9.17, 15) is 16.8 Å². The van der Waals surface area contributed by atoms with Gasteiger partial charge in [-0.25, -0.2) is 21.6 Å². The third kappa shape index (κ3) is 4.91. The number of nitrogens with one attached hydrogen (secondary N) is 1. The van der Waals surface area contributed by atoms with E-state index in [1.54, 1.807) is 12.1 Å². The maximum Gasteiger partial charge on any atom is 0.243 e. The predicted molar refractivity (Wildman–Crippen MR) is 99.1 cm³/mol. The molecule has 1 fully saturated rings. The highest BCUT2D eigenvalue weighted by Gasteiger charge is 2.32. The minimum absolute atomic E-state index is 0.0381. The number of hydrogen-bond donors (Lipinski definition) is 1. The highest BCUT2D eigenvalue weighted by Crippen LogP contribution is 2.26. The molecule has 1 aromatic rings. The van der Waals surface area contributed by atoms with Gasteiger partial charge in [0.1, 0.15) is 0 Å². The first-order chi connectivity index (χ1) is 11.7. The zero-order chi connectivity index (χ0) is 18.7. The van der Waals surface area contributed by atoms with Gasteiger partial charge in [-0.05, 0) is 42.4 Å². The van der Waals surface area contributed by atoms with Crippen molar-refractivity contribution in [1.29, 1.82) is 0 Å². The minimum Gasteiger partial charge on any atom is -0.211 e. The average molecular weight is 387 g/mol. The van der Waals surface area contributed by atoms with Crippen LogP contribution in [0.1, 0.15) is 38.2 Å². The van der Waals surface area contributed by atoms with Crippen LogP contribution in [0, 0.1) is 5.92 Å². The van der Waals surface area contributed by atoms with Gasteiger partial charge in [0.2, 0.25) is 20.0 Å². The Morgan fingerprint density at radius 2 is 1.92 bits per heavy atom. The molecule has 1 aliphatic heterocycles. The molecule has 1 aliphatic rings. The Balaban J connectivity index is 2.04. The lowest BCUT2D eigenvalue weighted by Gasteiger charge is -2.17. The van der Waals surface area contributed by atoms with Crippen molar-refractivity contribution in [3.8, 4) is 0 Å². The van der Waals surface area contributed by atoms with Gasteiger partial charge in [0.25, 0.3) is 0 Å². The molecule has 0 aromatic heterocycles. The second kappa shape index (κ2) is 7.99. The summed E-state index contributed by atoms with van der Waals surface area (Å²) in [6.45, 7) is 8.38. The predicted octanol–water partition coefficient (Wildman–Crippen LogP) is 2.27. The lowest BCUT2D eigenvalue weighted by Crippen LogP contribution is -2.32. The molecule has 2 rings (SSSR count). The summed E-state index contributed by atoms with van der Waals surface area (Å²) in [5.41, 5.74) is 1.12. The molecule has 6 nitrogen and oxygen atoms in total. The smallest absolute Gasteiger partial charge is 0.211 e. The molecule has 25 heavy (non-hydrogen) atoms. The van der Waals surface area contributed by atoms with Gasteiger partial charge in [-0.3, -0.25) is 0 Å². The Morgan fingerprint density at radius 3 is 2.48 bits per heavy atom. The van der Waals surface area contributed by atoms with E-state index in [4.69, 9.17) is 0 Å². The van der Waals surface area contributed by atoms with Crippen molar-refractivity contribution >= 4 is 20.0 Å². The van der Waals surface area contributed by atoms with Crippen LogP contribution >= 0.6 is 0 Å². The summed E-state index contributed by atoms with van der Waals surface area (Å²) < 4.78 is 52.2. The highest BCUT2D eigenvalue weighted by molar-refractivity contribution is 7.92. The lowest BCUT2D eigenvalue weighted by molar-refractivity contribution is 0.455. The van der Waals surface area contributed by atoms with Crippen molar-refractivity contribution in [3.05, 3.63) is 41.8 Å². The molecule has 1 N–H and O–H groups in total. The number of nitrogens with zero attached hydrogens (tertiary/aromatic N) is 1. The molecule has 140 valence electrons. The fraction of sp³-hybridized carbons (Fsp3) is 0.529. The molecule has 1 heterocycles. The third-order valence-electron chi connectivity index (χ3n) is 4.74. The Morgan fingerprint density at radius 1 is 1.28 bits per heavy atom. The minimum atomic E-state index is -3.54. The summed E-state index contributed by atoms with van der Waals surface area (Å²) in [6, 6.07) is 7.05. The van der Waals surface area contributed by atoms with Crippen molar-refractivity contribution in [2.24, 2.45) is 5.92 Å². The molecule has 0 radical (unpaired) electrons. The summed E-state index contributed by atoms with van der Waals surface area (Å²) in [5, 5.41) is 0.856. The molecule has 2 atom stereocenters. The van der Waals surface area contributed by atoms with Crippen LogP contribution < -0.4 is 4.72 Å². The summed E-state index contributed by atoms with van der Waals surface area (Å²) in [7, 11) is -7.03. The van der Waals surface area contributed by atoms with E-state index in [-0.39, 0.29) is 17.4 Å².